The number of nitrogens with zero attached hydrogens (tertiary/aromatic N) is 1. The van der Waals surface area contributed by atoms with Gasteiger partial charge in [0.2, 0.25) is 0 Å². The van der Waals surface area contributed by atoms with E-state index in [0.717, 1.165) is 16.8 Å². The molecule has 0 aromatic heterocycles. The lowest BCUT2D eigenvalue weighted by molar-refractivity contribution is -0.144. The summed E-state index contributed by atoms with van der Waals surface area (Å²) in [4.78, 5) is 28.4. The van der Waals surface area contributed by atoms with Crippen LogP contribution in [0.15, 0.2) is 65.7 Å². The van der Waals surface area contributed by atoms with E-state index in [0.29, 0.717) is 25.2 Å². The van der Waals surface area contributed by atoms with Crippen molar-refractivity contribution < 1.29 is 14.3 Å². The number of rotatable bonds is 9. The first-order valence-electron chi connectivity index (χ1n) is 9.10. The first kappa shape index (κ1) is 20.9. The molecule has 0 aliphatic rings. The first-order valence-corrected chi connectivity index (χ1v) is 10.1. The number of hydrogen-bond acceptors (Lipinski definition) is 5. The summed E-state index contributed by atoms with van der Waals surface area (Å²) in [5.41, 5.74) is 2.68. The van der Waals surface area contributed by atoms with Gasteiger partial charge in [0, 0.05) is 23.8 Å². The van der Waals surface area contributed by atoms with E-state index in [2.05, 4.69) is 0 Å². The lowest BCUT2D eigenvalue weighted by Crippen LogP contribution is -2.24. The van der Waals surface area contributed by atoms with Gasteiger partial charge in [-0.25, -0.2) is 4.79 Å². The zero-order valence-electron chi connectivity index (χ0n) is 15.8. The highest BCUT2D eigenvalue weighted by molar-refractivity contribution is 8.13. The van der Waals surface area contributed by atoms with E-state index in [9.17, 15) is 9.59 Å². The molecule has 0 aliphatic heterocycles. The minimum atomic E-state index is -0.590. The largest absolute Gasteiger partial charge is 0.464 e. The summed E-state index contributed by atoms with van der Waals surface area (Å²) in [5, 5.41) is 0.0837. The van der Waals surface area contributed by atoms with Gasteiger partial charge < -0.3 is 4.74 Å². The third-order valence-corrected chi connectivity index (χ3v) is 4.76. The van der Waals surface area contributed by atoms with E-state index in [1.807, 2.05) is 60.7 Å². The van der Waals surface area contributed by atoms with Gasteiger partial charge in [0.05, 0.1) is 12.3 Å². The number of thioether (sulfide) groups is 1. The predicted molar refractivity (Wildman–Crippen MR) is 111 cm³/mol. The van der Waals surface area contributed by atoms with Gasteiger partial charge in [0.1, 0.15) is 6.04 Å². The van der Waals surface area contributed by atoms with Crippen LogP contribution < -0.4 is 0 Å². The fourth-order valence-electron chi connectivity index (χ4n) is 2.63. The van der Waals surface area contributed by atoms with E-state index in [1.54, 1.807) is 13.8 Å². The third kappa shape index (κ3) is 7.02. The molecule has 27 heavy (non-hydrogen) atoms. The molecule has 1 atom stereocenters. The van der Waals surface area contributed by atoms with Crippen LogP contribution in [0.3, 0.4) is 0 Å². The van der Waals surface area contributed by atoms with Crippen LogP contribution in [-0.4, -0.2) is 35.2 Å². The molecule has 0 radical (unpaired) electrons. The van der Waals surface area contributed by atoms with Gasteiger partial charge in [0.25, 0.3) is 0 Å². The summed E-state index contributed by atoms with van der Waals surface area (Å²) < 4.78 is 5.24. The van der Waals surface area contributed by atoms with Crippen molar-refractivity contribution in [2.75, 3.05) is 12.4 Å². The summed E-state index contributed by atoms with van der Waals surface area (Å²) in [7, 11) is 0. The fraction of sp³-hybridized carbons (Fsp3) is 0.318. The lowest BCUT2D eigenvalue weighted by atomic mass is 10.0. The minimum Gasteiger partial charge on any atom is -0.464 e. The molecule has 0 saturated heterocycles. The molecule has 0 aliphatic carbocycles. The number of hydrogen-bond donors (Lipinski definition) is 0. The van der Waals surface area contributed by atoms with Crippen LogP contribution in [0.5, 0.6) is 0 Å². The highest BCUT2D eigenvalue weighted by Crippen LogP contribution is 2.16. The zero-order valence-corrected chi connectivity index (χ0v) is 16.6. The first-order chi connectivity index (χ1) is 13.1. The van der Waals surface area contributed by atoms with E-state index in [1.165, 1.54) is 11.8 Å². The smallest absolute Gasteiger partial charge is 0.330 e. The molecule has 0 heterocycles. The van der Waals surface area contributed by atoms with Crippen LogP contribution in [0.4, 0.5) is 0 Å². The van der Waals surface area contributed by atoms with E-state index in [4.69, 9.17) is 9.73 Å². The fourth-order valence-corrected chi connectivity index (χ4v) is 3.23. The second-order valence-electron chi connectivity index (χ2n) is 5.96. The normalized spacial score (nSPS) is 11.5. The highest BCUT2D eigenvalue weighted by Gasteiger charge is 2.20. The second kappa shape index (κ2) is 11.3. The molecule has 1 unspecified atom stereocenters. The Bertz CT molecular complexity index is 718. The van der Waals surface area contributed by atoms with E-state index >= 15 is 0 Å². The van der Waals surface area contributed by atoms with Gasteiger partial charge in [-0.2, -0.15) is 0 Å². The number of esters is 1. The van der Waals surface area contributed by atoms with Gasteiger partial charge in [-0.15, -0.1) is 0 Å². The van der Waals surface area contributed by atoms with Crippen molar-refractivity contribution in [3.63, 3.8) is 0 Å². The Balaban J connectivity index is 2.31. The van der Waals surface area contributed by atoms with Crippen molar-refractivity contribution in [3.8, 4) is 0 Å². The molecule has 0 bridgehead atoms. The van der Waals surface area contributed by atoms with Crippen LogP contribution >= 0.6 is 11.8 Å². The Morgan fingerprint density at radius 2 is 1.56 bits per heavy atom. The molecule has 0 saturated carbocycles. The Kier molecular flexibility index (Phi) is 8.78. The molecular formula is C22H25NO3S. The molecule has 0 N–H and O–H groups in total. The number of benzene rings is 2. The maximum Gasteiger partial charge on any atom is 0.330 e. The molecule has 2 aromatic rings. The van der Waals surface area contributed by atoms with Crippen molar-refractivity contribution in [1.82, 2.24) is 0 Å². The van der Waals surface area contributed by atoms with Crippen molar-refractivity contribution in [3.05, 3.63) is 71.8 Å². The van der Waals surface area contributed by atoms with Gasteiger partial charge in [-0.1, -0.05) is 72.4 Å². The van der Waals surface area contributed by atoms with Gasteiger partial charge in [-0.3, -0.25) is 9.79 Å². The minimum absolute atomic E-state index is 0.0837. The summed E-state index contributed by atoms with van der Waals surface area (Å²) >= 11 is 1.27. The number of aliphatic imine (C=N–C) groups is 1. The Morgan fingerprint density at radius 3 is 2.04 bits per heavy atom. The average molecular weight is 384 g/mol. The summed E-state index contributed by atoms with van der Waals surface area (Å²) in [6.07, 6.45) is 1.26. The van der Waals surface area contributed by atoms with Gasteiger partial charge in [-0.05, 0) is 19.8 Å². The summed E-state index contributed by atoms with van der Waals surface area (Å²) in [6, 6.07) is 19.1. The SMILES string of the molecule is CCOC(=O)C(CCCSC(C)=O)N=C(c1ccccc1)c1ccccc1. The molecule has 4 nitrogen and oxygen atoms in total. The predicted octanol–water partition coefficient (Wildman–Crippen LogP) is 4.52. The lowest BCUT2D eigenvalue weighted by Gasteiger charge is -2.15. The summed E-state index contributed by atoms with van der Waals surface area (Å²) in [6.45, 7) is 3.66. The molecule has 0 amide bonds. The van der Waals surface area contributed by atoms with Gasteiger partial charge >= 0.3 is 5.97 Å². The van der Waals surface area contributed by atoms with Crippen molar-refractivity contribution in [1.29, 1.82) is 0 Å². The van der Waals surface area contributed by atoms with E-state index in [-0.39, 0.29) is 11.1 Å². The van der Waals surface area contributed by atoms with Gasteiger partial charge in [0.15, 0.2) is 5.12 Å². The summed E-state index contributed by atoms with van der Waals surface area (Å²) in [5.74, 6) is 0.349. The molecule has 142 valence electrons. The maximum atomic E-state index is 12.5. The standard InChI is InChI=1S/C22H25NO3S/c1-3-26-22(25)20(15-10-16-27-17(2)24)23-21(18-11-6-4-7-12-18)19-13-8-5-9-14-19/h4-9,11-14,20H,3,10,15-16H2,1-2H3. The molecule has 0 spiro atoms. The quantitative estimate of drug-likeness (QED) is 0.363. The van der Waals surface area contributed by atoms with Crippen molar-refractivity contribution in [2.24, 2.45) is 4.99 Å². The average Bonchev–Trinajstić information content (AvgIpc) is 2.68. The Morgan fingerprint density at radius 1 is 1.00 bits per heavy atom. The zero-order chi connectivity index (χ0) is 19.5. The van der Waals surface area contributed by atoms with Crippen molar-refractivity contribution in [2.45, 2.75) is 32.7 Å². The number of ether oxygens (including phenoxy) is 1. The van der Waals surface area contributed by atoms with Crippen molar-refractivity contribution >= 4 is 28.6 Å². The van der Waals surface area contributed by atoms with Crippen LogP contribution in [-0.2, 0) is 14.3 Å². The molecule has 2 rings (SSSR count). The third-order valence-electron chi connectivity index (χ3n) is 3.87. The molecule has 5 heteroatoms. The van der Waals surface area contributed by atoms with Crippen LogP contribution in [0, 0.1) is 0 Å². The second-order valence-corrected chi connectivity index (χ2v) is 7.23. The highest BCUT2D eigenvalue weighted by atomic mass is 32.2. The number of carbonyl (C=O) groups is 2. The Hall–Kier alpha value is -2.40. The van der Waals surface area contributed by atoms with E-state index < -0.39 is 6.04 Å². The monoisotopic (exact) mass is 383 g/mol. The van der Waals surface area contributed by atoms with Crippen LogP contribution in [0.2, 0.25) is 0 Å². The maximum absolute atomic E-state index is 12.5. The van der Waals surface area contributed by atoms with Crippen LogP contribution in [0.25, 0.3) is 0 Å². The molecule has 0 fully saturated rings. The Labute approximate surface area is 165 Å². The molecule has 2 aromatic carbocycles. The topological polar surface area (TPSA) is 55.7 Å². The molecular weight excluding hydrogens is 358 g/mol. The van der Waals surface area contributed by atoms with Crippen LogP contribution in [0.1, 0.15) is 37.8 Å². The number of carbonyl (C=O) groups excluding carboxylic acids is 2.